The molecule has 0 aliphatic heterocycles. The lowest BCUT2D eigenvalue weighted by molar-refractivity contribution is 0.342. The van der Waals surface area contributed by atoms with Crippen LogP contribution in [0.2, 0.25) is 0 Å². The molecule has 1 N–H and O–H groups in total. The third-order valence-electron chi connectivity index (χ3n) is 3.64. The number of nitrogens with one attached hydrogen (secondary N) is 1. The van der Waals surface area contributed by atoms with Crippen LogP contribution in [-0.4, -0.2) is 6.54 Å². The topological polar surface area (TPSA) is 35.8 Å². The predicted octanol–water partition coefficient (Wildman–Crippen LogP) is 3.37. The monoisotopic (exact) mass is 246 g/mol. The second kappa shape index (κ2) is 6.51. The van der Waals surface area contributed by atoms with Crippen LogP contribution in [0.4, 0.5) is 4.39 Å². The van der Waals surface area contributed by atoms with Gasteiger partial charge < -0.3 is 5.32 Å². The van der Waals surface area contributed by atoms with E-state index in [1.807, 2.05) is 6.07 Å². The molecular formula is C15H19FN2. The van der Waals surface area contributed by atoms with Gasteiger partial charge in [0, 0.05) is 6.54 Å². The average Bonchev–Trinajstić information content (AvgIpc) is 2.42. The maximum Gasteiger partial charge on any atom is 0.140 e. The smallest absolute Gasteiger partial charge is 0.140 e. The third kappa shape index (κ3) is 3.54. The van der Waals surface area contributed by atoms with Crippen molar-refractivity contribution in [2.75, 3.05) is 6.54 Å². The van der Waals surface area contributed by atoms with E-state index in [2.05, 4.69) is 5.32 Å². The van der Waals surface area contributed by atoms with Crippen molar-refractivity contribution in [3.05, 3.63) is 35.1 Å². The van der Waals surface area contributed by atoms with Crippen LogP contribution < -0.4 is 5.32 Å². The summed E-state index contributed by atoms with van der Waals surface area (Å²) in [4.78, 5) is 0. The summed E-state index contributed by atoms with van der Waals surface area (Å²) in [7, 11) is 0. The van der Waals surface area contributed by atoms with Crippen LogP contribution >= 0.6 is 0 Å². The summed E-state index contributed by atoms with van der Waals surface area (Å²) in [5.41, 5.74) is 1.11. The second-order valence-electron chi connectivity index (χ2n) is 5.06. The summed E-state index contributed by atoms with van der Waals surface area (Å²) in [5.74, 6) is 0.350. The fourth-order valence-corrected chi connectivity index (χ4v) is 2.58. The van der Waals surface area contributed by atoms with Gasteiger partial charge in [-0.3, -0.25) is 0 Å². The predicted molar refractivity (Wildman–Crippen MR) is 69.4 cm³/mol. The van der Waals surface area contributed by atoms with Gasteiger partial charge in [0.1, 0.15) is 11.9 Å². The Bertz CT molecular complexity index is 431. The highest BCUT2D eigenvalue weighted by Crippen LogP contribution is 2.22. The molecule has 0 unspecified atom stereocenters. The summed E-state index contributed by atoms with van der Waals surface area (Å²) in [6.07, 6.45) is 6.71. The van der Waals surface area contributed by atoms with Gasteiger partial charge in [-0.2, -0.15) is 5.26 Å². The first-order valence-corrected chi connectivity index (χ1v) is 6.69. The van der Waals surface area contributed by atoms with Crippen LogP contribution in [-0.2, 0) is 6.54 Å². The minimum Gasteiger partial charge on any atom is -0.312 e. The van der Waals surface area contributed by atoms with E-state index in [0.29, 0.717) is 6.54 Å². The first-order chi connectivity index (χ1) is 8.79. The molecule has 1 saturated carbocycles. The SMILES string of the molecule is N#Cc1cc(CNCC2CCCCC2)ccc1F. The van der Waals surface area contributed by atoms with Crippen molar-refractivity contribution in [2.24, 2.45) is 5.92 Å². The van der Waals surface area contributed by atoms with Crippen molar-refractivity contribution in [1.29, 1.82) is 5.26 Å². The fourth-order valence-electron chi connectivity index (χ4n) is 2.58. The van der Waals surface area contributed by atoms with Crippen molar-refractivity contribution >= 4 is 0 Å². The van der Waals surface area contributed by atoms with Crippen LogP contribution in [0.3, 0.4) is 0 Å². The lowest BCUT2D eigenvalue weighted by Crippen LogP contribution is -2.24. The number of halogens is 1. The molecule has 96 valence electrons. The van der Waals surface area contributed by atoms with E-state index >= 15 is 0 Å². The molecule has 0 bridgehead atoms. The Hall–Kier alpha value is -1.40. The number of hydrogen-bond acceptors (Lipinski definition) is 2. The van der Waals surface area contributed by atoms with Crippen molar-refractivity contribution in [3.63, 3.8) is 0 Å². The summed E-state index contributed by atoms with van der Waals surface area (Å²) in [5, 5.41) is 12.2. The first-order valence-electron chi connectivity index (χ1n) is 6.69. The zero-order valence-corrected chi connectivity index (χ0v) is 10.6. The summed E-state index contributed by atoms with van der Waals surface area (Å²) in [6, 6.07) is 6.61. The van der Waals surface area contributed by atoms with Gasteiger partial charge in [-0.15, -0.1) is 0 Å². The quantitative estimate of drug-likeness (QED) is 0.884. The van der Waals surface area contributed by atoms with E-state index in [1.165, 1.54) is 38.2 Å². The molecule has 0 heterocycles. The Morgan fingerprint density at radius 1 is 1.28 bits per heavy atom. The molecule has 0 radical (unpaired) electrons. The van der Waals surface area contributed by atoms with Gasteiger partial charge in [0.2, 0.25) is 0 Å². The summed E-state index contributed by atoms with van der Waals surface area (Å²) in [6.45, 7) is 1.74. The van der Waals surface area contributed by atoms with Crippen LogP contribution in [0.15, 0.2) is 18.2 Å². The Morgan fingerprint density at radius 3 is 2.78 bits per heavy atom. The molecule has 1 aliphatic rings. The molecule has 1 aromatic rings. The highest BCUT2D eigenvalue weighted by molar-refractivity contribution is 5.34. The van der Waals surface area contributed by atoms with Gasteiger partial charge in [0.15, 0.2) is 0 Å². The van der Waals surface area contributed by atoms with E-state index in [-0.39, 0.29) is 5.56 Å². The van der Waals surface area contributed by atoms with Crippen LogP contribution in [0.5, 0.6) is 0 Å². The van der Waals surface area contributed by atoms with E-state index in [0.717, 1.165) is 18.0 Å². The standard InChI is InChI=1S/C15H19FN2/c16-15-7-6-13(8-14(15)9-17)11-18-10-12-4-2-1-3-5-12/h6-8,12,18H,1-5,10-11H2. The lowest BCUT2D eigenvalue weighted by Gasteiger charge is -2.21. The molecule has 1 fully saturated rings. The first kappa shape index (κ1) is 13.0. The molecule has 3 heteroatoms. The second-order valence-corrected chi connectivity index (χ2v) is 5.06. The van der Waals surface area contributed by atoms with Crippen molar-refractivity contribution in [2.45, 2.75) is 38.6 Å². The zero-order valence-electron chi connectivity index (χ0n) is 10.6. The molecule has 0 aromatic heterocycles. The van der Waals surface area contributed by atoms with Crippen LogP contribution in [0, 0.1) is 23.1 Å². The molecule has 0 spiro atoms. The fraction of sp³-hybridized carbons (Fsp3) is 0.533. The van der Waals surface area contributed by atoms with E-state index in [1.54, 1.807) is 12.1 Å². The van der Waals surface area contributed by atoms with E-state index < -0.39 is 5.82 Å². The average molecular weight is 246 g/mol. The lowest BCUT2D eigenvalue weighted by atomic mass is 9.89. The molecule has 0 saturated heterocycles. The number of nitrogens with zero attached hydrogens (tertiary/aromatic N) is 1. The number of nitriles is 1. The molecule has 0 amide bonds. The summed E-state index contributed by atoms with van der Waals surface area (Å²) < 4.78 is 13.1. The van der Waals surface area contributed by atoms with Gasteiger partial charge in [-0.25, -0.2) is 4.39 Å². The van der Waals surface area contributed by atoms with Crippen molar-refractivity contribution in [1.82, 2.24) is 5.32 Å². The van der Waals surface area contributed by atoms with Crippen LogP contribution in [0.25, 0.3) is 0 Å². The van der Waals surface area contributed by atoms with Gasteiger partial charge in [-0.1, -0.05) is 25.3 Å². The van der Waals surface area contributed by atoms with E-state index in [4.69, 9.17) is 5.26 Å². The third-order valence-corrected chi connectivity index (χ3v) is 3.64. The minimum absolute atomic E-state index is 0.131. The van der Waals surface area contributed by atoms with Gasteiger partial charge in [0.05, 0.1) is 5.56 Å². The summed E-state index contributed by atoms with van der Waals surface area (Å²) >= 11 is 0. The molecule has 2 nitrogen and oxygen atoms in total. The van der Waals surface area contributed by atoms with E-state index in [9.17, 15) is 4.39 Å². The van der Waals surface area contributed by atoms with Gasteiger partial charge >= 0.3 is 0 Å². The molecule has 1 aromatic carbocycles. The number of benzene rings is 1. The zero-order chi connectivity index (χ0) is 12.8. The highest BCUT2D eigenvalue weighted by atomic mass is 19.1. The molecule has 18 heavy (non-hydrogen) atoms. The minimum atomic E-state index is -0.437. The maximum absolute atomic E-state index is 13.1. The molecule has 0 atom stereocenters. The number of rotatable bonds is 4. The Morgan fingerprint density at radius 2 is 2.06 bits per heavy atom. The van der Waals surface area contributed by atoms with Gasteiger partial charge in [0.25, 0.3) is 0 Å². The normalized spacial score (nSPS) is 16.4. The number of hydrogen-bond donors (Lipinski definition) is 1. The highest BCUT2D eigenvalue weighted by Gasteiger charge is 2.12. The van der Waals surface area contributed by atoms with Gasteiger partial charge in [-0.05, 0) is 43.0 Å². The van der Waals surface area contributed by atoms with Crippen LogP contribution in [0.1, 0.15) is 43.2 Å². The Balaban J connectivity index is 1.81. The maximum atomic E-state index is 13.1. The largest absolute Gasteiger partial charge is 0.312 e. The Kier molecular flexibility index (Phi) is 4.72. The van der Waals surface area contributed by atoms with Crippen molar-refractivity contribution < 1.29 is 4.39 Å². The molecular weight excluding hydrogens is 227 g/mol. The molecule has 2 rings (SSSR count). The molecule has 1 aliphatic carbocycles. The Labute approximate surface area is 108 Å². The van der Waals surface area contributed by atoms with Crippen molar-refractivity contribution in [3.8, 4) is 6.07 Å².